The van der Waals surface area contributed by atoms with Gasteiger partial charge in [0.05, 0.1) is 17.9 Å². The summed E-state index contributed by atoms with van der Waals surface area (Å²) in [6.07, 6.45) is 10.7. The molecule has 1 aliphatic heterocycles. The standard InChI is InChI=1S/C17H20N4O/c22-17(8-12-3-4-12)20-10-14-5-6-16-19-11-15(21(14)16)13-2-1-7-18-9-13/h1-2,7,9,11-12,14H,3-6,8,10H2,(H,20,22)/t14-/m1/s1. The van der Waals surface area contributed by atoms with Crippen molar-refractivity contribution in [2.45, 2.75) is 38.1 Å². The maximum Gasteiger partial charge on any atom is 0.220 e. The van der Waals surface area contributed by atoms with Gasteiger partial charge in [0.25, 0.3) is 0 Å². The molecule has 0 saturated heterocycles. The van der Waals surface area contributed by atoms with E-state index in [2.05, 4.69) is 25.9 Å². The quantitative estimate of drug-likeness (QED) is 0.921. The SMILES string of the molecule is O=C(CC1CC1)NC[C@H]1CCc2ncc(-c3cccnc3)n21. The molecule has 1 fully saturated rings. The first-order valence-corrected chi connectivity index (χ1v) is 8.04. The second-order valence-electron chi connectivity index (χ2n) is 6.32. The third-order valence-electron chi connectivity index (χ3n) is 4.60. The van der Waals surface area contributed by atoms with Crippen molar-refractivity contribution in [3.05, 3.63) is 36.5 Å². The largest absolute Gasteiger partial charge is 0.354 e. The maximum atomic E-state index is 11.9. The van der Waals surface area contributed by atoms with Crippen LogP contribution < -0.4 is 5.32 Å². The Hall–Kier alpha value is -2.17. The number of pyridine rings is 1. The summed E-state index contributed by atoms with van der Waals surface area (Å²) in [5.41, 5.74) is 2.18. The minimum Gasteiger partial charge on any atom is -0.354 e. The molecule has 0 aromatic carbocycles. The summed E-state index contributed by atoms with van der Waals surface area (Å²) >= 11 is 0. The summed E-state index contributed by atoms with van der Waals surface area (Å²) in [6.45, 7) is 0.697. The van der Waals surface area contributed by atoms with Crippen LogP contribution in [0, 0.1) is 5.92 Å². The van der Waals surface area contributed by atoms with Crippen molar-refractivity contribution < 1.29 is 4.79 Å². The molecular formula is C17H20N4O. The van der Waals surface area contributed by atoms with Crippen LogP contribution in [0.3, 0.4) is 0 Å². The molecule has 0 unspecified atom stereocenters. The second-order valence-corrected chi connectivity index (χ2v) is 6.32. The molecule has 3 heterocycles. The molecule has 1 atom stereocenters. The minimum atomic E-state index is 0.194. The fraction of sp³-hybridized carbons (Fsp3) is 0.471. The monoisotopic (exact) mass is 296 g/mol. The lowest BCUT2D eigenvalue weighted by molar-refractivity contribution is -0.121. The van der Waals surface area contributed by atoms with Gasteiger partial charge in [0, 0.05) is 37.3 Å². The number of amides is 1. The summed E-state index contributed by atoms with van der Waals surface area (Å²) in [5.74, 6) is 1.94. The zero-order valence-electron chi connectivity index (χ0n) is 12.5. The molecule has 1 aliphatic carbocycles. The smallest absolute Gasteiger partial charge is 0.220 e. The van der Waals surface area contributed by atoms with Gasteiger partial charge in [-0.15, -0.1) is 0 Å². The lowest BCUT2D eigenvalue weighted by atomic mass is 10.1. The Labute approximate surface area is 129 Å². The molecule has 2 aromatic rings. The van der Waals surface area contributed by atoms with Gasteiger partial charge in [-0.3, -0.25) is 9.78 Å². The predicted octanol–water partition coefficient (Wildman–Crippen LogP) is 2.35. The molecule has 5 heteroatoms. The molecule has 5 nitrogen and oxygen atoms in total. The van der Waals surface area contributed by atoms with Gasteiger partial charge < -0.3 is 9.88 Å². The van der Waals surface area contributed by atoms with Crippen molar-refractivity contribution in [1.29, 1.82) is 0 Å². The molecule has 2 aromatic heterocycles. The lowest BCUT2D eigenvalue weighted by Crippen LogP contribution is -2.29. The molecule has 1 N–H and O–H groups in total. The first-order valence-electron chi connectivity index (χ1n) is 8.04. The molecule has 1 amide bonds. The van der Waals surface area contributed by atoms with E-state index in [0.717, 1.165) is 29.9 Å². The summed E-state index contributed by atoms with van der Waals surface area (Å²) in [6, 6.07) is 4.30. The molecule has 2 aliphatic rings. The number of aromatic nitrogens is 3. The Morgan fingerprint density at radius 2 is 2.23 bits per heavy atom. The van der Waals surface area contributed by atoms with E-state index < -0.39 is 0 Å². The van der Waals surface area contributed by atoms with Crippen LogP contribution in [0.15, 0.2) is 30.7 Å². The molecule has 114 valence electrons. The number of imidazole rings is 1. The minimum absolute atomic E-state index is 0.194. The van der Waals surface area contributed by atoms with Crippen molar-refractivity contribution in [1.82, 2.24) is 19.9 Å². The first-order chi connectivity index (χ1) is 10.8. The number of aryl methyl sites for hydroxylation is 1. The summed E-state index contributed by atoms with van der Waals surface area (Å²) in [4.78, 5) is 20.6. The van der Waals surface area contributed by atoms with Gasteiger partial charge in [-0.25, -0.2) is 4.98 Å². The summed E-state index contributed by atoms with van der Waals surface area (Å²) < 4.78 is 2.27. The average molecular weight is 296 g/mol. The summed E-state index contributed by atoms with van der Waals surface area (Å²) in [5, 5.41) is 3.10. The van der Waals surface area contributed by atoms with Crippen LogP contribution in [-0.4, -0.2) is 27.0 Å². The molecule has 22 heavy (non-hydrogen) atoms. The van der Waals surface area contributed by atoms with Crippen molar-refractivity contribution in [2.24, 2.45) is 5.92 Å². The van der Waals surface area contributed by atoms with Crippen LogP contribution in [0.2, 0.25) is 0 Å². The Morgan fingerprint density at radius 3 is 3.00 bits per heavy atom. The van der Waals surface area contributed by atoms with Crippen LogP contribution in [-0.2, 0) is 11.2 Å². The number of nitrogens with zero attached hydrogens (tertiary/aromatic N) is 3. The normalized spacial score (nSPS) is 19.9. The Kier molecular flexibility index (Phi) is 3.41. The highest BCUT2D eigenvalue weighted by molar-refractivity contribution is 5.76. The molecule has 0 bridgehead atoms. The first kappa shape index (κ1) is 13.5. The average Bonchev–Trinajstić information content (AvgIpc) is 3.11. The third-order valence-corrected chi connectivity index (χ3v) is 4.60. The van der Waals surface area contributed by atoms with Crippen molar-refractivity contribution in [3.8, 4) is 11.3 Å². The highest BCUT2D eigenvalue weighted by Gasteiger charge is 2.28. The zero-order valence-corrected chi connectivity index (χ0v) is 12.5. The van der Waals surface area contributed by atoms with Gasteiger partial charge >= 0.3 is 0 Å². The number of carbonyl (C=O) groups is 1. The van der Waals surface area contributed by atoms with Crippen LogP contribution in [0.4, 0.5) is 0 Å². The Balaban J connectivity index is 1.49. The second kappa shape index (κ2) is 5.55. The molecular weight excluding hydrogens is 276 g/mol. The maximum absolute atomic E-state index is 11.9. The number of carbonyl (C=O) groups excluding carboxylic acids is 1. The van der Waals surface area contributed by atoms with Gasteiger partial charge in [0.15, 0.2) is 0 Å². The number of fused-ring (bicyclic) bond motifs is 1. The van der Waals surface area contributed by atoms with Crippen molar-refractivity contribution >= 4 is 5.91 Å². The molecule has 1 saturated carbocycles. The number of nitrogens with one attached hydrogen (secondary N) is 1. The third kappa shape index (κ3) is 2.63. The van der Waals surface area contributed by atoms with Crippen LogP contribution in [0.25, 0.3) is 11.3 Å². The van der Waals surface area contributed by atoms with E-state index in [0.29, 0.717) is 24.9 Å². The van der Waals surface area contributed by atoms with Gasteiger partial charge in [-0.05, 0) is 37.3 Å². The number of rotatable bonds is 5. The van der Waals surface area contributed by atoms with E-state index in [-0.39, 0.29) is 5.91 Å². The van der Waals surface area contributed by atoms with Crippen molar-refractivity contribution in [3.63, 3.8) is 0 Å². The van der Waals surface area contributed by atoms with Crippen LogP contribution in [0.1, 0.15) is 37.5 Å². The van der Waals surface area contributed by atoms with E-state index in [9.17, 15) is 4.79 Å². The van der Waals surface area contributed by atoms with Crippen LogP contribution in [0.5, 0.6) is 0 Å². The molecule has 4 rings (SSSR count). The van der Waals surface area contributed by atoms with Gasteiger partial charge in [0.1, 0.15) is 5.82 Å². The van der Waals surface area contributed by atoms with E-state index >= 15 is 0 Å². The highest BCUT2D eigenvalue weighted by atomic mass is 16.1. The highest BCUT2D eigenvalue weighted by Crippen LogP contribution is 2.33. The molecule has 0 spiro atoms. The van der Waals surface area contributed by atoms with E-state index in [4.69, 9.17) is 0 Å². The fourth-order valence-corrected chi connectivity index (χ4v) is 3.23. The number of hydrogen-bond acceptors (Lipinski definition) is 3. The van der Waals surface area contributed by atoms with E-state index in [1.165, 1.54) is 12.8 Å². The molecule has 0 radical (unpaired) electrons. The fourth-order valence-electron chi connectivity index (χ4n) is 3.23. The van der Waals surface area contributed by atoms with Crippen molar-refractivity contribution in [2.75, 3.05) is 6.54 Å². The number of hydrogen-bond donors (Lipinski definition) is 1. The van der Waals surface area contributed by atoms with E-state index in [1.54, 1.807) is 6.20 Å². The predicted molar refractivity (Wildman–Crippen MR) is 83.2 cm³/mol. The van der Waals surface area contributed by atoms with Gasteiger partial charge in [-0.1, -0.05) is 0 Å². The Morgan fingerprint density at radius 1 is 1.32 bits per heavy atom. The van der Waals surface area contributed by atoms with Crippen LogP contribution >= 0.6 is 0 Å². The summed E-state index contributed by atoms with van der Waals surface area (Å²) in [7, 11) is 0. The van der Waals surface area contributed by atoms with Gasteiger partial charge in [-0.2, -0.15) is 0 Å². The van der Waals surface area contributed by atoms with Gasteiger partial charge in [0.2, 0.25) is 5.91 Å². The topological polar surface area (TPSA) is 59.8 Å². The Bertz CT molecular complexity index is 675. The van der Waals surface area contributed by atoms with E-state index in [1.807, 2.05) is 18.5 Å². The lowest BCUT2D eigenvalue weighted by Gasteiger charge is -2.17. The zero-order chi connectivity index (χ0) is 14.9.